The minimum atomic E-state index is -1.18. The molecule has 0 bridgehead atoms. The van der Waals surface area contributed by atoms with Gasteiger partial charge in [0.15, 0.2) is 11.5 Å². The molecule has 0 saturated carbocycles. The van der Waals surface area contributed by atoms with Crippen LogP contribution in [0.3, 0.4) is 0 Å². The summed E-state index contributed by atoms with van der Waals surface area (Å²) in [6.07, 6.45) is -0.0446. The minimum Gasteiger partial charge on any atom is -0.504 e. The molecule has 1 aromatic rings. The number of rotatable bonds is 7. The summed E-state index contributed by atoms with van der Waals surface area (Å²) in [5.74, 6) is -1.99. The lowest BCUT2D eigenvalue weighted by molar-refractivity contribution is -0.138. The highest BCUT2D eigenvalue weighted by atomic mass is 32.2. The number of nitrogens with two attached hydrogens (primary N) is 1. The van der Waals surface area contributed by atoms with Crippen molar-refractivity contribution in [2.24, 2.45) is 5.73 Å². The summed E-state index contributed by atoms with van der Waals surface area (Å²) in [4.78, 5) is 10.6. The van der Waals surface area contributed by atoms with E-state index in [1.54, 1.807) is 0 Å². The SMILES string of the molecule is NC(Cc1cc(O)c(OCCSF)c(O)c1)C(=O)O. The predicted octanol–water partition coefficient (Wildman–Crippen LogP) is 1.05. The monoisotopic (exact) mass is 291 g/mol. The Balaban J connectivity index is 2.81. The van der Waals surface area contributed by atoms with Gasteiger partial charge in [-0.05, 0) is 24.1 Å². The predicted molar refractivity (Wildman–Crippen MR) is 68.1 cm³/mol. The van der Waals surface area contributed by atoms with Crippen molar-refractivity contribution < 1.29 is 28.7 Å². The Morgan fingerprint density at radius 3 is 2.47 bits per heavy atom. The molecule has 0 aliphatic rings. The minimum absolute atomic E-state index is 0.0176. The van der Waals surface area contributed by atoms with Gasteiger partial charge >= 0.3 is 5.97 Å². The fourth-order valence-corrected chi connectivity index (χ4v) is 1.58. The van der Waals surface area contributed by atoms with E-state index in [0.29, 0.717) is 5.56 Å². The number of phenolic OH excluding ortho intramolecular Hbond substituents is 2. The van der Waals surface area contributed by atoms with Gasteiger partial charge < -0.3 is 25.8 Å². The maximum atomic E-state index is 11.8. The molecule has 5 N–H and O–H groups in total. The molecule has 0 amide bonds. The van der Waals surface area contributed by atoms with Gasteiger partial charge in [-0.1, -0.05) is 0 Å². The van der Waals surface area contributed by atoms with Gasteiger partial charge in [0.25, 0.3) is 0 Å². The molecule has 0 fully saturated rings. The molecule has 0 saturated heterocycles. The first-order chi connectivity index (χ1) is 8.95. The summed E-state index contributed by atoms with van der Waals surface area (Å²) in [5, 5.41) is 28.0. The van der Waals surface area contributed by atoms with Crippen LogP contribution in [0.25, 0.3) is 0 Å². The molecule has 1 aromatic carbocycles. The van der Waals surface area contributed by atoms with E-state index >= 15 is 0 Å². The van der Waals surface area contributed by atoms with Crippen molar-refractivity contribution in [3.05, 3.63) is 17.7 Å². The second-order valence-electron chi connectivity index (χ2n) is 3.77. The Bertz CT molecular complexity index is 434. The Kier molecular flexibility index (Phi) is 5.71. The zero-order valence-electron chi connectivity index (χ0n) is 9.88. The van der Waals surface area contributed by atoms with E-state index in [0.717, 1.165) is 0 Å². The van der Waals surface area contributed by atoms with Crippen LogP contribution in [0.1, 0.15) is 5.56 Å². The summed E-state index contributed by atoms with van der Waals surface area (Å²) >= 11 is 0.0773. The van der Waals surface area contributed by atoms with Crippen LogP contribution in [0.2, 0.25) is 0 Å². The summed E-state index contributed by atoms with van der Waals surface area (Å²) < 4.78 is 16.8. The maximum Gasteiger partial charge on any atom is 0.320 e. The van der Waals surface area contributed by atoms with Crippen molar-refractivity contribution in [1.82, 2.24) is 0 Å². The Morgan fingerprint density at radius 2 is 2.00 bits per heavy atom. The molecule has 106 valence electrons. The maximum absolute atomic E-state index is 11.8. The van der Waals surface area contributed by atoms with E-state index in [1.165, 1.54) is 12.1 Å². The number of aliphatic carboxylic acids is 1. The summed E-state index contributed by atoms with van der Waals surface area (Å²) in [6.45, 7) is -0.0176. The number of hydrogen-bond donors (Lipinski definition) is 4. The Labute approximate surface area is 113 Å². The highest BCUT2D eigenvalue weighted by molar-refractivity contribution is 7.94. The van der Waals surface area contributed by atoms with E-state index in [9.17, 15) is 18.9 Å². The van der Waals surface area contributed by atoms with Crippen molar-refractivity contribution >= 4 is 18.1 Å². The van der Waals surface area contributed by atoms with Crippen LogP contribution in [-0.4, -0.2) is 39.7 Å². The van der Waals surface area contributed by atoms with Crippen molar-refractivity contribution in [3.63, 3.8) is 0 Å². The highest BCUT2D eigenvalue weighted by Crippen LogP contribution is 2.37. The first-order valence-corrected chi connectivity index (χ1v) is 6.24. The first kappa shape index (κ1) is 15.4. The number of benzene rings is 1. The van der Waals surface area contributed by atoms with E-state index in [1.807, 2.05) is 0 Å². The van der Waals surface area contributed by atoms with Gasteiger partial charge in [0.2, 0.25) is 5.75 Å². The number of phenols is 2. The fourth-order valence-electron chi connectivity index (χ4n) is 1.44. The lowest BCUT2D eigenvalue weighted by Gasteiger charge is -2.12. The number of halogens is 1. The van der Waals surface area contributed by atoms with Crippen molar-refractivity contribution in [1.29, 1.82) is 0 Å². The molecular weight excluding hydrogens is 277 g/mol. The van der Waals surface area contributed by atoms with Crippen molar-refractivity contribution in [2.45, 2.75) is 12.5 Å². The van der Waals surface area contributed by atoms with Crippen LogP contribution in [0.5, 0.6) is 17.2 Å². The van der Waals surface area contributed by atoms with Gasteiger partial charge in [0.05, 0.1) is 5.75 Å². The standard InChI is InChI=1S/C11H14FNO5S/c12-19-2-1-18-10-8(14)4-6(5-9(10)15)3-7(13)11(16)17/h4-5,7,14-15H,1-3,13H2,(H,16,17). The number of aromatic hydroxyl groups is 2. The summed E-state index contributed by atoms with van der Waals surface area (Å²) in [5.41, 5.74) is 5.70. The summed E-state index contributed by atoms with van der Waals surface area (Å²) in [6, 6.07) is 1.37. The number of carboxylic acid groups (broad SMARTS) is 1. The number of carbonyl (C=O) groups is 1. The summed E-state index contributed by atoms with van der Waals surface area (Å²) in [7, 11) is 0. The molecule has 1 unspecified atom stereocenters. The second kappa shape index (κ2) is 7.05. The lowest BCUT2D eigenvalue weighted by atomic mass is 10.1. The topological polar surface area (TPSA) is 113 Å². The van der Waals surface area contributed by atoms with E-state index < -0.39 is 12.0 Å². The third kappa shape index (κ3) is 4.49. The van der Waals surface area contributed by atoms with Crippen LogP contribution < -0.4 is 10.5 Å². The second-order valence-corrected chi connectivity index (χ2v) is 4.40. The van der Waals surface area contributed by atoms with Crippen LogP contribution >= 0.6 is 12.1 Å². The molecule has 19 heavy (non-hydrogen) atoms. The normalized spacial score (nSPS) is 12.1. The highest BCUT2D eigenvalue weighted by Gasteiger charge is 2.16. The largest absolute Gasteiger partial charge is 0.504 e. The van der Waals surface area contributed by atoms with E-state index in [2.05, 4.69) is 0 Å². The molecule has 0 aliphatic heterocycles. The fraction of sp³-hybridized carbons (Fsp3) is 0.364. The first-order valence-electron chi connectivity index (χ1n) is 5.35. The van der Waals surface area contributed by atoms with Gasteiger partial charge in [-0.2, -0.15) is 3.89 Å². The average Bonchev–Trinajstić information content (AvgIpc) is 2.32. The molecule has 0 radical (unpaired) electrons. The third-order valence-electron chi connectivity index (χ3n) is 2.29. The zero-order chi connectivity index (χ0) is 14.4. The van der Waals surface area contributed by atoms with E-state index in [-0.39, 0.29) is 48.2 Å². The third-order valence-corrected chi connectivity index (χ3v) is 2.61. The smallest absolute Gasteiger partial charge is 0.320 e. The average molecular weight is 291 g/mol. The van der Waals surface area contributed by atoms with Gasteiger partial charge in [-0.25, -0.2) is 0 Å². The molecule has 6 nitrogen and oxygen atoms in total. The van der Waals surface area contributed by atoms with E-state index in [4.69, 9.17) is 15.6 Å². The van der Waals surface area contributed by atoms with Crippen LogP contribution in [0.15, 0.2) is 12.1 Å². The van der Waals surface area contributed by atoms with Crippen LogP contribution in [0, 0.1) is 0 Å². The molecule has 0 aromatic heterocycles. The van der Waals surface area contributed by atoms with Crippen molar-refractivity contribution in [2.75, 3.05) is 12.4 Å². The van der Waals surface area contributed by atoms with Crippen LogP contribution in [0.4, 0.5) is 3.89 Å². The van der Waals surface area contributed by atoms with Gasteiger partial charge in [0, 0.05) is 12.1 Å². The molecule has 8 heteroatoms. The molecular formula is C11H14FNO5S. The molecule has 0 aliphatic carbocycles. The van der Waals surface area contributed by atoms with Crippen LogP contribution in [-0.2, 0) is 11.2 Å². The molecule has 1 rings (SSSR count). The van der Waals surface area contributed by atoms with Gasteiger partial charge in [-0.15, -0.1) is 0 Å². The number of ether oxygens (including phenoxy) is 1. The molecule has 1 atom stereocenters. The van der Waals surface area contributed by atoms with Crippen molar-refractivity contribution in [3.8, 4) is 17.2 Å². The zero-order valence-corrected chi connectivity index (χ0v) is 10.7. The van der Waals surface area contributed by atoms with Gasteiger partial charge in [0.1, 0.15) is 12.6 Å². The number of hydrogen-bond acceptors (Lipinski definition) is 6. The Hall–Kier alpha value is -1.67. The Morgan fingerprint density at radius 1 is 1.42 bits per heavy atom. The van der Waals surface area contributed by atoms with Gasteiger partial charge in [-0.3, -0.25) is 4.79 Å². The molecule has 0 spiro atoms. The quantitative estimate of drug-likeness (QED) is 0.555. The molecule has 0 heterocycles. The lowest BCUT2D eigenvalue weighted by Crippen LogP contribution is -2.32. The number of carboxylic acids is 1.